The lowest BCUT2D eigenvalue weighted by molar-refractivity contribution is -0.103. The lowest BCUT2D eigenvalue weighted by Crippen LogP contribution is -2.56. The van der Waals surface area contributed by atoms with Crippen LogP contribution in [0.2, 0.25) is 0 Å². The maximum Gasteiger partial charge on any atom is 0.1000 e. The van der Waals surface area contributed by atoms with Crippen molar-refractivity contribution in [2.45, 2.75) is 32.2 Å². The van der Waals surface area contributed by atoms with Crippen molar-refractivity contribution in [3.05, 3.63) is 0 Å². The summed E-state index contributed by atoms with van der Waals surface area (Å²) in [6.07, 6.45) is 0.893. The van der Waals surface area contributed by atoms with Gasteiger partial charge in [-0.3, -0.25) is 4.90 Å². The predicted octanol–water partition coefficient (Wildman–Crippen LogP) is 0.0563. The van der Waals surface area contributed by atoms with E-state index in [1.54, 1.807) is 0 Å². The Hall–Kier alpha value is -0.160. The molecule has 2 heterocycles. The lowest BCUT2D eigenvalue weighted by Gasteiger charge is -2.40. The third-order valence-corrected chi connectivity index (χ3v) is 2.71. The smallest absolute Gasteiger partial charge is 0.1000 e. The Balaban J connectivity index is 1.88. The molecule has 4 heteroatoms. The zero-order valence-electron chi connectivity index (χ0n) is 8.98. The topological polar surface area (TPSA) is 35.8 Å². The number of nitrogens with zero attached hydrogens (tertiary/aromatic N) is 2. The van der Waals surface area contributed by atoms with Crippen LogP contribution in [0.5, 0.6) is 0 Å². The Kier molecular flexibility index (Phi) is 3.38. The van der Waals surface area contributed by atoms with Crippen molar-refractivity contribution in [1.82, 2.24) is 10.2 Å². The van der Waals surface area contributed by atoms with Crippen molar-refractivity contribution >= 4 is 0 Å². The molecule has 0 aromatic heterocycles. The van der Waals surface area contributed by atoms with Crippen LogP contribution in [-0.4, -0.2) is 56.1 Å². The summed E-state index contributed by atoms with van der Waals surface area (Å²) in [5, 5.41) is 4.57. The molecule has 0 spiro atoms. The van der Waals surface area contributed by atoms with Crippen LogP contribution in [0.4, 0.5) is 0 Å². The molecule has 2 fully saturated rings. The summed E-state index contributed by atoms with van der Waals surface area (Å²) in [4.78, 5) is 2.37. The normalized spacial score (nSPS) is 41.1. The van der Waals surface area contributed by atoms with Crippen molar-refractivity contribution < 1.29 is 9.47 Å². The Bertz CT molecular complexity index is 173. The fraction of sp³-hybridized carbons (Fsp3) is 1.00. The van der Waals surface area contributed by atoms with Gasteiger partial charge >= 0.3 is 0 Å². The monoisotopic (exact) mass is 199 g/mol. The lowest BCUT2D eigenvalue weighted by atomic mass is 10.2. The average molecular weight is 199 g/mol. The minimum atomic E-state index is 0.262. The molecule has 0 saturated carbocycles. The van der Waals surface area contributed by atoms with Gasteiger partial charge in [-0.05, 0) is 13.8 Å². The van der Waals surface area contributed by atoms with Crippen LogP contribution in [0.1, 0.15) is 13.8 Å². The van der Waals surface area contributed by atoms with Crippen LogP contribution in [0.15, 0.2) is 0 Å². The molecule has 0 aromatic carbocycles. The van der Waals surface area contributed by atoms with Crippen molar-refractivity contribution in [3.63, 3.8) is 0 Å². The third-order valence-electron chi connectivity index (χ3n) is 2.71. The first-order valence-electron chi connectivity index (χ1n) is 5.39. The van der Waals surface area contributed by atoms with Crippen LogP contribution in [0.25, 0.3) is 0 Å². The first kappa shape index (κ1) is 10.4. The maximum absolute atomic E-state index is 5.68. The van der Waals surface area contributed by atoms with E-state index in [2.05, 4.69) is 24.1 Å². The van der Waals surface area contributed by atoms with Crippen molar-refractivity contribution in [2.24, 2.45) is 0 Å². The molecule has 3 atom stereocenters. The number of rotatable bonds is 1. The molecular weight excluding hydrogens is 180 g/mol. The van der Waals surface area contributed by atoms with Gasteiger partial charge in [0.2, 0.25) is 0 Å². The summed E-state index contributed by atoms with van der Waals surface area (Å²) in [6.45, 7) is 8.55. The van der Waals surface area contributed by atoms with E-state index in [9.17, 15) is 0 Å². The van der Waals surface area contributed by atoms with E-state index >= 15 is 0 Å². The van der Waals surface area contributed by atoms with E-state index in [1.807, 2.05) is 0 Å². The largest absolute Gasteiger partial charge is 0.377 e. The van der Waals surface area contributed by atoms with Gasteiger partial charge in [0, 0.05) is 19.6 Å². The van der Waals surface area contributed by atoms with Gasteiger partial charge in [0.25, 0.3) is 0 Å². The van der Waals surface area contributed by atoms with E-state index in [1.165, 1.54) is 0 Å². The molecular formula is C10H19N2O2. The second-order valence-electron chi connectivity index (χ2n) is 4.17. The molecule has 0 amide bonds. The third kappa shape index (κ3) is 2.45. The molecule has 0 aromatic rings. The van der Waals surface area contributed by atoms with Gasteiger partial charge in [0.05, 0.1) is 31.6 Å². The molecule has 2 rings (SSSR count). The SMILES string of the molecule is CC1CN(C2COCC[N]2)CC(C)O1. The van der Waals surface area contributed by atoms with E-state index < -0.39 is 0 Å². The van der Waals surface area contributed by atoms with Crippen LogP contribution >= 0.6 is 0 Å². The summed E-state index contributed by atoms with van der Waals surface area (Å²) < 4.78 is 11.1. The molecule has 1 radical (unpaired) electrons. The van der Waals surface area contributed by atoms with Gasteiger partial charge in [-0.2, -0.15) is 0 Å². The first-order chi connectivity index (χ1) is 6.75. The molecule has 0 N–H and O–H groups in total. The summed E-state index contributed by atoms with van der Waals surface area (Å²) in [5.41, 5.74) is 0. The van der Waals surface area contributed by atoms with Crippen LogP contribution in [0.3, 0.4) is 0 Å². The number of hydrogen-bond donors (Lipinski definition) is 0. The molecule has 2 aliphatic rings. The van der Waals surface area contributed by atoms with Gasteiger partial charge in [0.15, 0.2) is 0 Å². The summed E-state index contributed by atoms with van der Waals surface area (Å²) in [7, 11) is 0. The fourth-order valence-electron chi connectivity index (χ4n) is 2.19. The highest BCUT2D eigenvalue weighted by Crippen LogP contribution is 2.14. The average Bonchev–Trinajstić information content (AvgIpc) is 2.18. The highest BCUT2D eigenvalue weighted by atomic mass is 16.5. The summed E-state index contributed by atoms with van der Waals surface area (Å²) >= 11 is 0. The summed E-state index contributed by atoms with van der Waals surface area (Å²) in [6, 6.07) is 0. The van der Waals surface area contributed by atoms with Crippen LogP contribution in [-0.2, 0) is 9.47 Å². The molecule has 2 aliphatic heterocycles. The second-order valence-corrected chi connectivity index (χ2v) is 4.17. The minimum absolute atomic E-state index is 0.262. The van der Waals surface area contributed by atoms with Crippen molar-refractivity contribution in [2.75, 3.05) is 32.8 Å². The Morgan fingerprint density at radius 2 is 1.93 bits per heavy atom. The van der Waals surface area contributed by atoms with Gasteiger partial charge in [-0.15, -0.1) is 0 Å². The molecule has 3 unspecified atom stereocenters. The molecule has 81 valence electrons. The van der Waals surface area contributed by atoms with Crippen LogP contribution < -0.4 is 5.32 Å². The quantitative estimate of drug-likeness (QED) is 0.599. The predicted molar refractivity (Wildman–Crippen MR) is 53.2 cm³/mol. The fourth-order valence-corrected chi connectivity index (χ4v) is 2.19. The Labute approximate surface area is 85.5 Å². The molecule has 2 saturated heterocycles. The van der Waals surface area contributed by atoms with Crippen molar-refractivity contribution in [1.29, 1.82) is 0 Å². The van der Waals surface area contributed by atoms with Gasteiger partial charge in [0.1, 0.15) is 0 Å². The highest BCUT2D eigenvalue weighted by molar-refractivity contribution is 4.79. The second kappa shape index (κ2) is 4.57. The van der Waals surface area contributed by atoms with E-state index in [0.717, 1.165) is 32.8 Å². The minimum Gasteiger partial charge on any atom is -0.377 e. The number of morpholine rings is 2. The highest BCUT2D eigenvalue weighted by Gasteiger charge is 2.29. The first-order valence-corrected chi connectivity index (χ1v) is 5.39. The van der Waals surface area contributed by atoms with Gasteiger partial charge in [-0.1, -0.05) is 0 Å². The van der Waals surface area contributed by atoms with Crippen LogP contribution in [0, 0.1) is 0 Å². The maximum atomic E-state index is 5.68. The molecule has 0 aliphatic carbocycles. The molecule has 14 heavy (non-hydrogen) atoms. The standard InChI is InChI=1S/C10H19N2O2/c1-8-5-12(6-9(2)14-8)10-7-13-4-3-11-10/h8-10H,3-7H2,1-2H3. The Morgan fingerprint density at radius 3 is 2.50 bits per heavy atom. The number of ether oxygens (including phenoxy) is 2. The van der Waals surface area contributed by atoms with E-state index in [0.29, 0.717) is 12.2 Å². The molecule has 4 nitrogen and oxygen atoms in total. The Morgan fingerprint density at radius 1 is 1.21 bits per heavy atom. The van der Waals surface area contributed by atoms with E-state index in [4.69, 9.17) is 9.47 Å². The van der Waals surface area contributed by atoms with Crippen molar-refractivity contribution in [3.8, 4) is 0 Å². The number of hydrogen-bond acceptors (Lipinski definition) is 3. The summed E-state index contributed by atoms with van der Waals surface area (Å²) in [5.74, 6) is 0. The van der Waals surface area contributed by atoms with Gasteiger partial charge < -0.3 is 9.47 Å². The van der Waals surface area contributed by atoms with Gasteiger partial charge in [-0.25, -0.2) is 5.32 Å². The molecule has 0 bridgehead atoms. The van der Waals surface area contributed by atoms with E-state index in [-0.39, 0.29) is 6.17 Å². The zero-order valence-corrected chi connectivity index (χ0v) is 8.98. The zero-order chi connectivity index (χ0) is 9.97.